The van der Waals surface area contributed by atoms with E-state index in [4.69, 9.17) is 4.74 Å². The Morgan fingerprint density at radius 3 is 1.38 bits per heavy atom. The van der Waals surface area contributed by atoms with Gasteiger partial charge in [-0.05, 0) is 61.4 Å². The maximum atomic E-state index is 11.9. The molecule has 156 valence electrons. The fourth-order valence-electron chi connectivity index (χ4n) is 2.87. The van der Waals surface area contributed by atoms with Gasteiger partial charge in [0.05, 0.1) is 0 Å². The molecule has 0 bridgehead atoms. The van der Waals surface area contributed by atoms with E-state index in [0.717, 1.165) is 49.9 Å². The fraction of sp³-hybridized carbons (Fsp3) is 0.417. The largest absolute Gasteiger partial charge is 0.457 e. The zero-order chi connectivity index (χ0) is 20.9. The van der Waals surface area contributed by atoms with Gasteiger partial charge in [0.25, 0.3) is 0 Å². The van der Waals surface area contributed by atoms with Crippen LogP contribution in [0.5, 0.6) is 11.5 Å². The first-order valence-corrected chi connectivity index (χ1v) is 10.6. The molecule has 2 aromatic rings. The van der Waals surface area contributed by atoms with Crippen molar-refractivity contribution >= 4 is 23.2 Å². The summed E-state index contributed by atoms with van der Waals surface area (Å²) in [6.45, 7) is 4.24. The summed E-state index contributed by atoms with van der Waals surface area (Å²) in [4.78, 5) is 23.7. The SMILES string of the molecule is CCCCCC(=O)Nc1ccc(Oc2ccc(NC(=O)CCCCC)cc2)cc1. The highest BCUT2D eigenvalue weighted by atomic mass is 16.5. The Morgan fingerprint density at radius 1 is 0.655 bits per heavy atom. The van der Waals surface area contributed by atoms with Gasteiger partial charge < -0.3 is 15.4 Å². The van der Waals surface area contributed by atoms with Crippen LogP contribution in [0, 0.1) is 0 Å². The van der Waals surface area contributed by atoms with Crippen LogP contribution in [0.4, 0.5) is 11.4 Å². The number of unbranched alkanes of at least 4 members (excludes halogenated alkanes) is 4. The molecule has 0 heterocycles. The minimum absolute atomic E-state index is 0.0412. The summed E-state index contributed by atoms with van der Waals surface area (Å²) in [7, 11) is 0. The van der Waals surface area contributed by atoms with Crippen LogP contribution in [0.25, 0.3) is 0 Å². The van der Waals surface area contributed by atoms with Gasteiger partial charge in [-0.2, -0.15) is 0 Å². The van der Waals surface area contributed by atoms with Crippen molar-refractivity contribution in [2.24, 2.45) is 0 Å². The average Bonchev–Trinajstić information content (AvgIpc) is 2.71. The maximum absolute atomic E-state index is 11.9. The molecule has 0 aliphatic rings. The molecule has 2 amide bonds. The number of nitrogens with one attached hydrogen (secondary N) is 2. The summed E-state index contributed by atoms with van der Waals surface area (Å²) in [6, 6.07) is 14.6. The van der Waals surface area contributed by atoms with E-state index in [1.54, 1.807) is 0 Å². The molecule has 0 spiro atoms. The van der Waals surface area contributed by atoms with Gasteiger partial charge in [-0.3, -0.25) is 9.59 Å². The lowest BCUT2D eigenvalue weighted by Crippen LogP contribution is -2.10. The van der Waals surface area contributed by atoms with Crippen LogP contribution >= 0.6 is 0 Å². The number of rotatable bonds is 12. The smallest absolute Gasteiger partial charge is 0.224 e. The van der Waals surface area contributed by atoms with E-state index in [-0.39, 0.29) is 11.8 Å². The maximum Gasteiger partial charge on any atom is 0.224 e. The van der Waals surface area contributed by atoms with E-state index in [0.29, 0.717) is 24.3 Å². The zero-order valence-corrected chi connectivity index (χ0v) is 17.5. The van der Waals surface area contributed by atoms with E-state index in [1.807, 2.05) is 48.5 Å². The number of hydrogen-bond acceptors (Lipinski definition) is 3. The molecule has 0 aromatic heterocycles. The molecular weight excluding hydrogens is 364 g/mol. The summed E-state index contributed by atoms with van der Waals surface area (Å²) in [5, 5.41) is 5.80. The lowest BCUT2D eigenvalue weighted by atomic mass is 10.2. The number of ether oxygens (including phenoxy) is 1. The molecule has 2 N–H and O–H groups in total. The Bertz CT molecular complexity index is 689. The second-order valence-electron chi connectivity index (χ2n) is 7.16. The highest BCUT2D eigenvalue weighted by molar-refractivity contribution is 5.91. The van der Waals surface area contributed by atoms with Crippen molar-refractivity contribution < 1.29 is 14.3 Å². The van der Waals surface area contributed by atoms with Crippen LogP contribution in [0.2, 0.25) is 0 Å². The van der Waals surface area contributed by atoms with Gasteiger partial charge in [0.2, 0.25) is 11.8 Å². The van der Waals surface area contributed by atoms with Crippen molar-refractivity contribution in [3.05, 3.63) is 48.5 Å². The molecule has 5 nitrogen and oxygen atoms in total. The molecule has 2 rings (SSSR count). The Kier molecular flexibility index (Phi) is 9.76. The summed E-state index contributed by atoms with van der Waals surface area (Å²) < 4.78 is 5.83. The van der Waals surface area contributed by atoms with Gasteiger partial charge in [0.1, 0.15) is 11.5 Å². The zero-order valence-electron chi connectivity index (χ0n) is 17.5. The van der Waals surface area contributed by atoms with Gasteiger partial charge in [-0.15, -0.1) is 0 Å². The van der Waals surface area contributed by atoms with Crippen molar-refractivity contribution in [2.45, 2.75) is 65.2 Å². The third-order valence-electron chi connectivity index (χ3n) is 4.53. The van der Waals surface area contributed by atoms with E-state index in [1.165, 1.54) is 0 Å². The third kappa shape index (κ3) is 8.81. The predicted octanol–water partition coefficient (Wildman–Crippen LogP) is 6.52. The Hall–Kier alpha value is -2.82. The first-order chi connectivity index (χ1) is 14.1. The molecule has 0 saturated carbocycles. The minimum Gasteiger partial charge on any atom is -0.457 e. The van der Waals surface area contributed by atoms with Crippen molar-refractivity contribution in [2.75, 3.05) is 10.6 Å². The van der Waals surface area contributed by atoms with E-state index < -0.39 is 0 Å². The van der Waals surface area contributed by atoms with Gasteiger partial charge >= 0.3 is 0 Å². The van der Waals surface area contributed by atoms with Gasteiger partial charge in [-0.25, -0.2) is 0 Å². The topological polar surface area (TPSA) is 67.4 Å². The van der Waals surface area contributed by atoms with Crippen LogP contribution in [0.15, 0.2) is 48.5 Å². The summed E-state index contributed by atoms with van der Waals surface area (Å²) in [5.74, 6) is 1.45. The number of hydrogen-bond donors (Lipinski definition) is 2. The summed E-state index contributed by atoms with van der Waals surface area (Å²) in [5.41, 5.74) is 1.53. The standard InChI is InChI=1S/C24H32N2O3/c1-3-5-7-9-23(27)25-19-11-15-21(16-12-19)29-22-17-13-20(14-18-22)26-24(28)10-8-6-4-2/h11-18H,3-10H2,1-2H3,(H,25,27)(H,26,28). The number of benzene rings is 2. The molecule has 0 saturated heterocycles. The van der Waals surface area contributed by atoms with Crippen LogP contribution < -0.4 is 15.4 Å². The minimum atomic E-state index is 0.0412. The third-order valence-corrected chi connectivity index (χ3v) is 4.53. The molecule has 0 aliphatic carbocycles. The number of carbonyl (C=O) groups excluding carboxylic acids is 2. The summed E-state index contributed by atoms with van der Waals surface area (Å²) in [6.07, 6.45) is 7.28. The van der Waals surface area contributed by atoms with Crippen molar-refractivity contribution in [1.82, 2.24) is 0 Å². The molecule has 0 unspecified atom stereocenters. The van der Waals surface area contributed by atoms with E-state index in [2.05, 4.69) is 24.5 Å². The van der Waals surface area contributed by atoms with Crippen LogP contribution in [0.3, 0.4) is 0 Å². The average molecular weight is 397 g/mol. The highest BCUT2D eigenvalue weighted by Gasteiger charge is 2.05. The summed E-state index contributed by atoms with van der Waals surface area (Å²) >= 11 is 0. The Labute approximate surface area is 173 Å². The van der Waals surface area contributed by atoms with E-state index >= 15 is 0 Å². The lowest BCUT2D eigenvalue weighted by molar-refractivity contribution is -0.117. The molecule has 5 heteroatoms. The Morgan fingerprint density at radius 2 is 1.03 bits per heavy atom. The highest BCUT2D eigenvalue weighted by Crippen LogP contribution is 2.24. The number of anilines is 2. The van der Waals surface area contributed by atoms with Crippen LogP contribution in [0.1, 0.15) is 65.2 Å². The van der Waals surface area contributed by atoms with Crippen molar-refractivity contribution in [1.29, 1.82) is 0 Å². The van der Waals surface area contributed by atoms with Crippen LogP contribution in [-0.4, -0.2) is 11.8 Å². The van der Waals surface area contributed by atoms with Gasteiger partial charge in [0, 0.05) is 24.2 Å². The lowest BCUT2D eigenvalue weighted by Gasteiger charge is -2.09. The molecule has 0 radical (unpaired) electrons. The van der Waals surface area contributed by atoms with Crippen molar-refractivity contribution in [3.8, 4) is 11.5 Å². The molecule has 2 aromatic carbocycles. The monoisotopic (exact) mass is 396 g/mol. The van der Waals surface area contributed by atoms with Gasteiger partial charge in [-0.1, -0.05) is 39.5 Å². The fourth-order valence-corrected chi connectivity index (χ4v) is 2.87. The van der Waals surface area contributed by atoms with Crippen molar-refractivity contribution in [3.63, 3.8) is 0 Å². The second kappa shape index (κ2) is 12.6. The van der Waals surface area contributed by atoms with Crippen LogP contribution in [-0.2, 0) is 9.59 Å². The second-order valence-corrected chi connectivity index (χ2v) is 7.16. The first kappa shape index (κ1) is 22.5. The quantitative estimate of drug-likeness (QED) is 0.402. The molecule has 29 heavy (non-hydrogen) atoms. The molecule has 0 fully saturated rings. The first-order valence-electron chi connectivity index (χ1n) is 10.6. The van der Waals surface area contributed by atoms with E-state index in [9.17, 15) is 9.59 Å². The molecule has 0 aliphatic heterocycles. The normalized spacial score (nSPS) is 10.4. The number of amides is 2. The number of carbonyl (C=O) groups is 2. The van der Waals surface area contributed by atoms with Gasteiger partial charge in [0.15, 0.2) is 0 Å². The Balaban J connectivity index is 1.80. The molecular formula is C24H32N2O3. The predicted molar refractivity (Wildman–Crippen MR) is 119 cm³/mol. The molecule has 0 atom stereocenters.